The van der Waals surface area contributed by atoms with E-state index in [0.29, 0.717) is 26.2 Å². The smallest absolute Gasteiger partial charge is 0.107 e. The lowest BCUT2D eigenvalue weighted by atomic mass is 10.0. The Morgan fingerprint density at radius 2 is 2.26 bits per heavy atom. The summed E-state index contributed by atoms with van der Waals surface area (Å²) in [4.78, 5) is 4.51. The summed E-state index contributed by atoms with van der Waals surface area (Å²) in [6, 6.07) is 10.0. The maximum Gasteiger partial charge on any atom is 0.107 e. The lowest BCUT2D eigenvalue weighted by Crippen LogP contribution is -2.37. The fourth-order valence-corrected chi connectivity index (χ4v) is 2.45. The summed E-state index contributed by atoms with van der Waals surface area (Å²) < 4.78 is 5.26. The Bertz CT molecular complexity index is 592. The number of pyridine rings is 1. The second-order valence-electron chi connectivity index (χ2n) is 5.21. The summed E-state index contributed by atoms with van der Waals surface area (Å²) >= 11 is 0. The summed E-state index contributed by atoms with van der Waals surface area (Å²) in [5.74, 6) is 0. The number of anilines is 1. The van der Waals surface area contributed by atoms with Crippen LogP contribution in [0.3, 0.4) is 0 Å². The SMILES string of the molecule is Cc1cc(NCC2(O)CCOC2)c2ccccc2n1. The highest BCUT2D eigenvalue weighted by Gasteiger charge is 2.31. The Labute approximate surface area is 112 Å². The fourth-order valence-electron chi connectivity index (χ4n) is 2.45. The molecule has 2 heterocycles. The van der Waals surface area contributed by atoms with E-state index >= 15 is 0 Å². The molecule has 100 valence electrons. The van der Waals surface area contributed by atoms with Crippen molar-refractivity contribution in [1.82, 2.24) is 4.98 Å². The minimum atomic E-state index is -0.752. The van der Waals surface area contributed by atoms with E-state index in [4.69, 9.17) is 4.74 Å². The van der Waals surface area contributed by atoms with Crippen molar-refractivity contribution in [1.29, 1.82) is 0 Å². The molecule has 2 aromatic rings. The molecule has 1 fully saturated rings. The standard InChI is InChI=1S/C15H18N2O2/c1-11-8-14(12-4-2-3-5-13(12)17-11)16-9-15(18)6-7-19-10-15/h2-5,8,18H,6-7,9-10H2,1H3,(H,16,17). The number of benzene rings is 1. The van der Waals surface area contributed by atoms with Gasteiger partial charge in [0.1, 0.15) is 5.60 Å². The molecule has 1 aromatic carbocycles. The highest BCUT2D eigenvalue weighted by molar-refractivity contribution is 5.91. The number of hydrogen-bond acceptors (Lipinski definition) is 4. The molecule has 0 saturated carbocycles. The van der Waals surface area contributed by atoms with Crippen molar-refractivity contribution in [3.8, 4) is 0 Å². The highest BCUT2D eigenvalue weighted by Crippen LogP contribution is 2.25. The van der Waals surface area contributed by atoms with Gasteiger partial charge in [-0.2, -0.15) is 0 Å². The molecular weight excluding hydrogens is 240 g/mol. The van der Waals surface area contributed by atoms with Gasteiger partial charge in [-0.15, -0.1) is 0 Å². The summed E-state index contributed by atoms with van der Waals surface area (Å²) in [7, 11) is 0. The minimum Gasteiger partial charge on any atom is -0.386 e. The number of aliphatic hydroxyl groups is 1. The second-order valence-corrected chi connectivity index (χ2v) is 5.21. The number of ether oxygens (including phenoxy) is 1. The van der Waals surface area contributed by atoms with Gasteiger partial charge in [-0.25, -0.2) is 0 Å². The first-order valence-electron chi connectivity index (χ1n) is 6.57. The Kier molecular flexibility index (Phi) is 3.12. The molecule has 0 spiro atoms. The van der Waals surface area contributed by atoms with Gasteiger partial charge in [0.25, 0.3) is 0 Å². The zero-order valence-electron chi connectivity index (χ0n) is 11.0. The third-order valence-electron chi connectivity index (χ3n) is 3.53. The molecule has 2 N–H and O–H groups in total. The molecule has 4 heteroatoms. The minimum absolute atomic E-state index is 0.405. The Hall–Kier alpha value is -1.65. The van der Waals surface area contributed by atoms with E-state index in [1.807, 2.05) is 37.3 Å². The van der Waals surface area contributed by atoms with Crippen LogP contribution in [0.1, 0.15) is 12.1 Å². The van der Waals surface area contributed by atoms with Crippen LogP contribution in [0.15, 0.2) is 30.3 Å². The molecule has 1 aliphatic rings. The molecule has 3 rings (SSSR count). The van der Waals surface area contributed by atoms with Crippen LogP contribution in [0.25, 0.3) is 10.9 Å². The number of nitrogens with zero attached hydrogens (tertiary/aromatic N) is 1. The topological polar surface area (TPSA) is 54.4 Å². The molecule has 0 bridgehead atoms. The van der Waals surface area contributed by atoms with Crippen molar-refractivity contribution < 1.29 is 9.84 Å². The third kappa shape index (κ3) is 2.55. The quantitative estimate of drug-likeness (QED) is 0.885. The molecular formula is C15H18N2O2. The molecule has 1 saturated heterocycles. The Morgan fingerprint density at radius 1 is 1.42 bits per heavy atom. The fraction of sp³-hybridized carbons (Fsp3) is 0.400. The lowest BCUT2D eigenvalue weighted by Gasteiger charge is -2.22. The van der Waals surface area contributed by atoms with E-state index in [0.717, 1.165) is 22.3 Å². The predicted octanol–water partition coefficient (Wildman–Crippen LogP) is 2.11. The van der Waals surface area contributed by atoms with E-state index in [1.54, 1.807) is 0 Å². The van der Waals surface area contributed by atoms with Crippen LogP contribution in [0.5, 0.6) is 0 Å². The normalized spacial score (nSPS) is 22.8. The van der Waals surface area contributed by atoms with Gasteiger partial charge in [0.05, 0.1) is 12.1 Å². The molecule has 1 aromatic heterocycles. The van der Waals surface area contributed by atoms with E-state index < -0.39 is 5.60 Å². The van der Waals surface area contributed by atoms with E-state index in [1.165, 1.54) is 0 Å². The first kappa shape index (κ1) is 12.4. The van der Waals surface area contributed by atoms with Crippen LogP contribution < -0.4 is 5.32 Å². The van der Waals surface area contributed by atoms with Crippen LogP contribution in [0, 0.1) is 6.92 Å². The zero-order chi connectivity index (χ0) is 13.3. The summed E-state index contributed by atoms with van der Waals surface area (Å²) in [6.45, 7) is 3.52. The summed E-state index contributed by atoms with van der Waals surface area (Å²) in [6.07, 6.45) is 0.683. The number of hydrogen-bond donors (Lipinski definition) is 2. The average molecular weight is 258 g/mol. The van der Waals surface area contributed by atoms with E-state index in [9.17, 15) is 5.11 Å². The Balaban J connectivity index is 1.87. The first-order valence-corrected chi connectivity index (χ1v) is 6.57. The number of aromatic nitrogens is 1. The van der Waals surface area contributed by atoms with E-state index in [-0.39, 0.29) is 0 Å². The number of fused-ring (bicyclic) bond motifs is 1. The van der Waals surface area contributed by atoms with Gasteiger partial charge >= 0.3 is 0 Å². The molecule has 4 nitrogen and oxygen atoms in total. The van der Waals surface area contributed by atoms with Crippen molar-refractivity contribution in [2.45, 2.75) is 18.9 Å². The maximum atomic E-state index is 10.3. The molecule has 0 aliphatic carbocycles. The molecule has 1 aliphatic heterocycles. The van der Waals surface area contributed by atoms with Crippen LogP contribution in [-0.4, -0.2) is 35.5 Å². The van der Waals surface area contributed by atoms with Crippen LogP contribution >= 0.6 is 0 Å². The highest BCUT2D eigenvalue weighted by atomic mass is 16.5. The Morgan fingerprint density at radius 3 is 3.05 bits per heavy atom. The second kappa shape index (κ2) is 4.79. The van der Waals surface area contributed by atoms with Crippen molar-refractivity contribution in [3.63, 3.8) is 0 Å². The molecule has 1 unspecified atom stereocenters. The van der Waals surface area contributed by atoms with Gasteiger partial charge in [0.15, 0.2) is 0 Å². The van der Waals surface area contributed by atoms with Gasteiger partial charge in [0.2, 0.25) is 0 Å². The van der Waals surface area contributed by atoms with Crippen molar-refractivity contribution in [2.75, 3.05) is 25.1 Å². The third-order valence-corrected chi connectivity index (χ3v) is 3.53. The van der Waals surface area contributed by atoms with Crippen LogP contribution in [0.4, 0.5) is 5.69 Å². The van der Waals surface area contributed by atoms with Crippen molar-refractivity contribution in [2.24, 2.45) is 0 Å². The lowest BCUT2D eigenvalue weighted by molar-refractivity contribution is 0.0382. The van der Waals surface area contributed by atoms with Crippen molar-refractivity contribution in [3.05, 3.63) is 36.0 Å². The largest absolute Gasteiger partial charge is 0.386 e. The summed E-state index contributed by atoms with van der Waals surface area (Å²) in [5.41, 5.74) is 2.21. The molecule has 1 atom stereocenters. The van der Waals surface area contributed by atoms with Crippen LogP contribution in [-0.2, 0) is 4.74 Å². The average Bonchev–Trinajstić information content (AvgIpc) is 2.83. The first-order chi connectivity index (χ1) is 9.16. The number of para-hydroxylation sites is 1. The maximum absolute atomic E-state index is 10.3. The zero-order valence-corrected chi connectivity index (χ0v) is 11.0. The van der Waals surface area contributed by atoms with Gasteiger partial charge in [-0.05, 0) is 19.1 Å². The number of nitrogens with one attached hydrogen (secondary N) is 1. The molecule has 19 heavy (non-hydrogen) atoms. The monoisotopic (exact) mass is 258 g/mol. The van der Waals surface area contributed by atoms with E-state index in [2.05, 4.69) is 10.3 Å². The van der Waals surface area contributed by atoms with Gasteiger partial charge in [-0.3, -0.25) is 4.98 Å². The number of aryl methyl sites for hydroxylation is 1. The predicted molar refractivity (Wildman–Crippen MR) is 75.4 cm³/mol. The van der Waals surface area contributed by atoms with Gasteiger partial charge in [-0.1, -0.05) is 18.2 Å². The van der Waals surface area contributed by atoms with Crippen LogP contribution in [0.2, 0.25) is 0 Å². The van der Waals surface area contributed by atoms with Gasteiger partial charge < -0.3 is 15.2 Å². The number of rotatable bonds is 3. The summed E-state index contributed by atoms with van der Waals surface area (Å²) in [5, 5.41) is 14.7. The molecule has 0 amide bonds. The molecule has 0 radical (unpaired) electrons. The van der Waals surface area contributed by atoms with Crippen molar-refractivity contribution >= 4 is 16.6 Å². The van der Waals surface area contributed by atoms with Gasteiger partial charge in [0, 0.05) is 36.3 Å².